The van der Waals surface area contributed by atoms with Crippen LogP contribution in [0.2, 0.25) is 0 Å². The normalized spacial score (nSPS) is 14.3. The maximum Gasteiger partial charge on any atom is 0.128 e. The molecule has 0 spiro atoms. The molecule has 0 saturated heterocycles. The number of rotatable bonds is 7. The van der Waals surface area contributed by atoms with Gasteiger partial charge in [0.05, 0.1) is 12.3 Å². The molecule has 0 amide bonds. The molecule has 1 aliphatic heterocycles. The van der Waals surface area contributed by atoms with Gasteiger partial charge in [-0.1, -0.05) is 6.07 Å². The van der Waals surface area contributed by atoms with E-state index in [9.17, 15) is 0 Å². The molecule has 0 saturated carbocycles. The van der Waals surface area contributed by atoms with E-state index in [0.29, 0.717) is 6.61 Å². The first-order valence-electron chi connectivity index (χ1n) is 8.85. The van der Waals surface area contributed by atoms with Crippen molar-refractivity contribution in [1.29, 1.82) is 0 Å². The molecule has 0 aliphatic carbocycles. The molecule has 0 atom stereocenters. The molecule has 6 heteroatoms. The van der Waals surface area contributed by atoms with Crippen molar-refractivity contribution in [3.8, 4) is 0 Å². The van der Waals surface area contributed by atoms with E-state index in [2.05, 4.69) is 39.9 Å². The second-order valence-corrected chi connectivity index (χ2v) is 6.35. The smallest absolute Gasteiger partial charge is 0.128 e. The van der Waals surface area contributed by atoms with Gasteiger partial charge in [-0.3, -0.25) is 9.88 Å². The van der Waals surface area contributed by atoms with Crippen LogP contribution in [0.15, 0.2) is 30.5 Å². The highest BCUT2D eigenvalue weighted by Gasteiger charge is 2.19. The van der Waals surface area contributed by atoms with Gasteiger partial charge in [-0.2, -0.15) is 0 Å². The third-order valence-electron chi connectivity index (χ3n) is 4.68. The quantitative estimate of drug-likeness (QED) is 0.832. The van der Waals surface area contributed by atoms with Gasteiger partial charge in [0.1, 0.15) is 5.82 Å². The molecular formula is C19H27N5O. The van der Waals surface area contributed by atoms with E-state index in [1.165, 1.54) is 5.56 Å². The number of nitrogens with zero attached hydrogens (tertiary/aromatic N) is 4. The molecule has 1 aliphatic rings. The summed E-state index contributed by atoms with van der Waals surface area (Å²) in [5, 5.41) is 0. The Kier molecular flexibility index (Phi) is 5.83. The summed E-state index contributed by atoms with van der Waals surface area (Å²) in [5.41, 5.74) is 10.3. The van der Waals surface area contributed by atoms with E-state index in [1.807, 2.05) is 6.07 Å². The number of nitrogens with two attached hydrogens (primary N) is 1. The highest BCUT2D eigenvalue weighted by Crippen LogP contribution is 2.23. The van der Waals surface area contributed by atoms with Crippen LogP contribution < -0.4 is 10.6 Å². The Bertz CT molecular complexity index is 706. The first-order chi connectivity index (χ1) is 12.2. The van der Waals surface area contributed by atoms with Gasteiger partial charge in [-0.05, 0) is 25.1 Å². The van der Waals surface area contributed by atoms with Crippen molar-refractivity contribution in [3.05, 3.63) is 47.4 Å². The molecule has 0 radical (unpaired) electrons. The third kappa shape index (κ3) is 4.27. The molecule has 0 fully saturated rings. The molecule has 6 nitrogen and oxygen atoms in total. The van der Waals surface area contributed by atoms with Crippen LogP contribution >= 0.6 is 0 Å². The predicted octanol–water partition coefficient (Wildman–Crippen LogP) is 2.09. The first kappa shape index (κ1) is 17.6. The topological polar surface area (TPSA) is 67.5 Å². The van der Waals surface area contributed by atoms with Crippen molar-refractivity contribution >= 4 is 11.5 Å². The summed E-state index contributed by atoms with van der Waals surface area (Å²) in [4.78, 5) is 13.9. The van der Waals surface area contributed by atoms with Gasteiger partial charge in [0.25, 0.3) is 0 Å². The van der Waals surface area contributed by atoms with Crippen molar-refractivity contribution in [1.82, 2.24) is 14.9 Å². The van der Waals surface area contributed by atoms with Crippen molar-refractivity contribution in [2.75, 3.05) is 44.0 Å². The Morgan fingerprint density at radius 1 is 1.32 bits per heavy atom. The van der Waals surface area contributed by atoms with Crippen LogP contribution in [0.5, 0.6) is 0 Å². The number of nitrogen functional groups attached to an aromatic ring is 1. The fraction of sp³-hybridized carbons (Fsp3) is 0.474. The Balaban J connectivity index is 1.69. The molecular weight excluding hydrogens is 314 g/mol. The summed E-state index contributed by atoms with van der Waals surface area (Å²) in [5.74, 6) is 1.01. The van der Waals surface area contributed by atoms with Gasteiger partial charge in [0, 0.05) is 69.4 Å². The standard InChI is InChI=1S/C19H27N5O/c1-3-24(11-12-25-2)19-6-4-5-15(22-19)13-23-10-8-18-16(14-23)17(20)7-9-21-18/h4-7,9H,3,8,10-14H2,1-2H3,(H2,20,21). The summed E-state index contributed by atoms with van der Waals surface area (Å²) in [6.07, 6.45) is 2.74. The van der Waals surface area contributed by atoms with Gasteiger partial charge in [0.2, 0.25) is 0 Å². The van der Waals surface area contributed by atoms with Crippen LogP contribution in [-0.2, 0) is 24.2 Å². The average Bonchev–Trinajstić information content (AvgIpc) is 2.63. The lowest BCUT2D eigenvalue weighted by Crippen LogP contribution is -2.32. The van der Waals surface area contributed by atoms with Crippen molar-refractivity contribution in [2.24, 2.45) is 0 Å². The van der Waals surface area contributed by atoms with Crippen LogP contribution in [0.1, 0.15) is 23.9 Å². The van der Waals surface area contributed by atoms with E-state index in [1.54, 1.807) is 13.3 Å². The Morgan fingerprint density at radius 2 is 2.20 bits per heavy atom. The highest BCUT2D eigenvalue weighted by atomic mass is 16.5. The minimum absolute atomic E-state index is 0.703. The van der Waals surface area contributed by atoms with E-state index in [4.69, 9.17) is 15.5 Å². The number of methoxy groups -OCH3 is 1. The summed E-state index contributed by atoms with van der Waals surface area (Å²) in [6.45, 7) is 7.25. The fourth-order valence-electron chi connectivity index (χ4n) is 3.25. The molecule has 0 unspecified atom stereocenters. The lowest BCUT2D eigenvalue weighted by molar-refractivity contribution is 0.205. The molecule has 0 aromatic carbocycles. The number of pyridine rings is 2. The Hall–Kier alpha value is -2.18. The minimum Gasteiger partial charge on any atom is -0.398 e. The number of anilines is 2. The maximum absolute atomic E-state index is 6.12. The zero-order valence-electron chi connectivity index (χ0n) is 15.1. The maximum atomic E-state index is 6.12. The molecule has 3 heterocycles. The molecule has 25 heavy (non-hydrogen) atoms. The average molecular weight is 341 g/mol. The minimum atomic E-state index is 0.703. The van der Waals surface area contributed by atoms with Crippen molar-refractivity contribution in [2.45, 2.75) is 26.4 Å². The fourth-order valence-corrected chi connectivity index (χ4v) is 3.25. The zero-order valence-corrected chi connectivity index (χ0v) is 15.1. The van der Waals surface area contributed by atoms with Crippen molar-refractivity contribution in [3.63, 3.8) is 0 Å². The second kappa shape index (κ2) is 8.27. The van der Waals surface area contributed by atoms with Crippen LogP contribution in [0.3, 0.4) is 0 Å². The number of hydrogen-bond acceptors (Lipinski definition) is 6. The number of aromatic nitrogens is 2. The monoisotopic (exact) mass is 341 g/mol. The molecule has 2 aromatic rings. The van der Waals surface area contributed by atoms with Crippen LogP contribution in [0.4, 0.5) is 11.5 Å². The first-order valence-corrected chi connectivity index (χ1v) is 8.85. The Labute approximate surface area is 149 Å². The van der Waals surface area contributed by atoms with Gasteiger partial charge in [0.15, 0.2) is 0 Å². The predicted molar refractivity (Wildman–Crippen MR) is 100 cm³/mol. The number of hydrogen-bond donors (Lipinski definition) is 1. The lowest BCUT2D eigenvalue weighted by Gasteiger charge is -2.29. The Morgan fingerprint density at radius 3 is 3.00 bits per heavy atom. The van der Waals surface area contributed by atoms with E-state index in [0.717, 1.165) is 62.0 Å². The summed E-state index contributed by atoms with van der Waals surface area (Å²) >= 11 is 0. The summed E-state index contributed by atoms with van der Waals surface area (Å²) in [6, 6.07) is 8.13. The van der Waals surface area contributed by atoms with Crippen LogP contribution in [0.25, 0.3) is 0 Å². The van der Waals surface area contributed by atoms with Gasteiger partial charge in [-0.25, -0.2) is 4.98 Å². The molecule has 134 valence electrons. The lowest BCUT2D eigenvalue weighted by atomic mass is 10.0. The summed E-state index contributed by atoms with van der Waals surface area (Å²) < 4.78 is 5.20. The van der Waals surface area contributed by atoms with E-state index < -0.39 is 0 Å². The van der Waals surface area contributed by atoms with E-state index in [-0.39, 0.29) is 0 Å². The van der Waals surface area contributed by atoms with E-state index >= 15 is 0 Å². The largest absolute Gasteiger partial charge is 0.398 e. The SMILES string of the molecule is CCN(CCOC)c1cccc(CN2CCc3nccc(N)c3C2)n1. The molecule has 0 bridgehead atoms. The highest BCUT2D eigenvalue weighted by molar-refractivity contribution is 5.49. The molecule has 3 rings (SSSR count). The van der Waals surface area contributed by atoms with Crippen LogP contribution in [0, 0.1) is 0 Å². The van der Waals surface area contributed by atoms with Gasteiger partial charge >= 0.3 is 0 Å². The number of fused-ring (bicyclic) bond motifs is 1. The van der Waals surface area contributed by atoms with Gasteiger partial charge < -0.3 is 15.4 Å². The third-order valence-corrected chi connectivity index (χ3v) is 4.68. The number of ether oxygens (including phenoxy) is 1. The summed E-state index contributed by atoms with van der Waals surface area (Å²) in [7, 11) is 1.73. The molecule has 2 N–H and O–H groups in total. The second-order valence-electron chi connectivity index (χ2n) is 6.35. The molecule has 2 aromatic heterocycles. The van der Waals surface area contributed by atoms with Gasteiger partial charge in [-0.15, -0.1) is 0 Å². The zero-order chi connectivity index (χ0) is 17.6. The number of likely N-dealkylation sites (N-methyl/N-ethyl adjacent to an activating group) is 1. The van der Waals surface area contributed by atoms with Crippen molar-refractivity contribution < 1.29 is 4.74 Å². The van der Waals surface area contributed by atoms with Crippen LogP contribution in [-0.4, -0.2) is 48.2 Å².